The van der Waals surface area contributed by atoms with Gasteiger partial charge in [0, 0.05) is 22.9 Å². The van der Waals surface area contributed by atoms with Gasteiger partial charge in [-0.05, 0) is 67.3 Å². The van der Waals surface area contributed by atoms with E-state index in [1.165, 1.54) is 0 Å². The molecule has 0 radical (unpaired) electrons. The third-order valence-corrected chi connectivity index (χ3v) is 4.68. The third-order valence-electron chi connectivity index (χ3n) is 4.68. The van der Waals surface area contributed by atoms with Crippen LogP contribution in [-0.2, 0) is 6.42 Å². The number of carbonyl (C=O) groups is 1. The standard InChI is InChI=1S/C26H33NO3/c1-4-7-16-29-25-19-26(30-17-8-5-2)22(18-21(25)9-6-3)12-15-24(28)20-10-13-23(27)14-11-20/h6,10-15,18-19H,3-5,7-9,16-17,27H2,1-2H3. The average Bonchev–Trinajstić information content (AvgIpc) is 2.75. The molecule has 0 spiro atoms. The molecule has 160 valence electrons. The Balaban J connectivity index is 2.33. The number of ether oxygens (including phenoxy) is 2. The van der Waals surface area contributed by atoms with Gasteiger partial charge in [0.1, 0.15) is 11.5 Å². The van der Waals surface area contributed by atoms with E-state index in [2.05, 4.69) is 20.4 Å². The van der Waals surface area contributed by atoms with E-state index in [0.29, 0.717) is 30.9 Å². The molecule has 2 N–H and O–H groups in total. The predicted molar refractivity (Wildman–Crippen MR) is 125 cm³/mol. The quantitative estimate of drug-likeness (QED) is 0.140. The molecule has 0 fully saturated rings. The zero-order valence-electron chi connectivity index (χ0n) is 18.2. The molecule has 0 atom stereocenters. The van der Waals surface area contributed by atoms with Gasteiger partial charge >= 0.3 is 0 Å². The van der Waals surface area contributed by atoms with Crippen LogP contribution in [0.5, 0.6) is 11.5 Å². The summed E-state index contributed by atoms with van der Waals surface area (Å²) >= 11 is 0. The highest BCUT2D eigenvalue weighted by Crippen LogP contribution is 2.31. The number of allylic oxidation sites excluding steroid dienone is 2. The molecule has 0 heterocycles. The van der Waals surface area contributed by atoms with Crippen molar-refractivity contribution in [2.45, 2.75) is 46.0 Å². The Hall–Kier alpha value is -3.01. The predicted octanol–water partition coefficient (Wildman–Crippen LogP) is 6.25. The maximum Gasteiger partial charge on any atom is 0.185 e. The van der Waals surface area contributed by atoms with Crippen LogP contribution in [0.1, 0.15) is 61.0 Å². The summed E-state index contributed by atoms with van der Waals surface area (Å²) in [6.07, 6.45) is 10.0. The largest absolute Gasteiger partial charge is 0.493 e. The van der Waals surface area contributed by atoms with Crippen molar-refractivity contribution in [3.05, 3.63) is 71.8 Å². The summed E-state index contributed by atoms with van der Waals surface area (Å²) in [6.45, 7) is 9.41. The Morgan fingerprint density at radius 1 is 1.00 bits per heavy atom. The van der Waals surface area contributed by atoms with E-state index in [9.17, 15) is 4.79 Å². The van der Waals surface area contributed by atoms with Gasteiger partial charge in [-0.15, -0.1) is 6.58 Å². The number of nitrogen functional groups attached to an aromatic ring is 1. The van der Waals surface area contributed by atoms with E-state index >= 15 is 0 Å². The van der Waals surface area contributed by atoms with Gasteiger partial charge in [0.05, 0.1) is 13.2 Å². The third kappa shape index (κ3) is 7.11. The van der Waals surface area contributed by atoms with Crippen molar-refractivity contribution < 1.29 is 14.3 Å². The Morgan fingerprint density at radius 3 is 2.23 bits per heavy atom. The lowest BCUT2D eigenvalue weighted by atomic mass is 10.0. The molecule has 0 amide bonds. The molecule has 0 saturated heterocycles. The van der Waals surface area contributed by atoms with Gasteiger partial charge in [-0.25, -0.2) is 0 Å². The van der Waals surface area contributed by atoms with Crippen molar-refractivity contribution in [2.75, 3.05) is 18.9 Å². The molecule has 0 unspecified atom stereocenters. The first-order valence-corrected chi connectivity index (χ1v) is 10.7. The monoisotopic (exact) mass is 407 g/mol. The minimum absolute atomic E-state index is 0.0805. The SMILES string of the molecule is C=CCc1cc(C=CC(=O)c2ccc(N)cc2)c(OCCCC)cc1OCCCC. The highest BCUT2D eigenvalue weighted by molar-refractivity contribution is 6.07. The van der Waals surface area contributed by atoms with Crippen molar-refractivity contribution >= 4 is 17.5 Å². The molecule has 2 rings (SSSR count). The smallest absolute Gasteiger partial charge is 0.185 e. The summed E-state index contributed by atoms with van der Waals surface area (Å²) in [7, 11) is 0. The van der Waals surface area contributed by atoms with Gasteiger partial charge in [0.25, 0.3) is 0 Å². The van der Waals surface area contributed by atoms with Gasteiger partial charge in [-0.1, -0.05) is 32.8 Å². The van der Waals surface area contributed by atoms with Gasteiger partial charge in [-0.3, -0.25) is 4.79 Å². The molecular weight excluding hydrogens is 374 g/mol. The van der Waals surface area contributed by atoms with Crippen LogP contribution in [0.15, 0.2) is 55.1 Å². The summed E-state index contributed by atoms with van der Waals surface area (Å²) in [5, 5.41) is 0. The van der Waals surface area contributed by atoms with E-state index in [1.807, 2.05) is 24.3 Å². The number of unbranched alkanes of at least 4 members (excludes halogenated alkanes) is 2. The first-order valence-electron chi connectivity index (χ1n) is 10.7. The number of hydrogen-bond donors (Lipinski definition) is 1. The Bertz CT molecular complexity index is 853. The Morgan fingerprint density at radius 2 is 1.63 bits per heavy atom. The van der Waals surface area contributed by atoms with Crippen LogP contribution in [0.25, 0.3) is 6.08 Å². The van der Waals surface area contributed by atoms with E-state index in [1.54, 1.807) is 30.3 Å². The maximum atomic E-state index is 12.5. The number of carbonyl (C=O) groups excluding carboxylic acids is 1. The number of benzene rings is 2. The van der Waals surface area contributed by atoms with Crippen LogP contribution in [0, 0.1) is 0 Å². The fourth-order valence-electron chi connectivity index (χ4n) is 2.89. The highest BCUT2D eigenvalue weighted by Gasteiger charge is 2.11. The molecule has 2 aromatic rings. The Kier molecular flexibility index (Phi) is 9.72. The molecule has 4 heteroatoms. The highest BCUT2D eigenvalue weighted by atomic mass is 16.5. The van der Waals surface area contributed by atoms with Gasteiger partial charge in [-0.2, -0.15) is 0 Å². The second kappa shape index (κ2) is 12.5. The molecule has 2 aromatic carbocycles. The lowest BCUT2D eigenvalue weighted by Crippen LogP contribution is -2.04. The van der Waals surface area contributed by atoms with E-state index in [0.717, 1.165) is 48.3 Å². The minimum Gasteiger partial charge on any atom is -0.493 e. The van der Waals surface area contributed by atoms with Crippen molar-refractivity contribution in [2.24, 2.45) is 0 Å². The zero-order valence-corrected chi connectivity index (χ0v) is 18.2. The van der Waals surface area contributed by atoms with E-state index in [-0.39, 0.29) is 5.78 Å². The van der Waals surface area contributed by atoms with Crippen molar-refractivity contribution in [3.8, 4) is 11.5 Å². The number of nitrogens with two attached hydrogens (primary N) is 1. The zero-order chi connectivity index (χ0) is 21.8. The van der Waals surface area contributed by atoms with Gasteiger partial charge in [0.15, 0.2) is 5.78 Å². The van der Waals surface area contributed by atoms with Crippen LogP contribution in [-0.4, -0.2) is 19.0 Å². The number of rotatable bonds is 13. The molecular formula is C26H33NO3. The summed E-state index contributed by atoms with van der Waals surface area (Å²) < 4.78 is 12.0. The Labute approximate surface area is 180 Å². The molecule has 0 aliphatic carbocycles. The summed E-state index contributed by atoms with van der Waals surface area (Å²) in [5.41, 5.74) is 8.82. The van der Waals surface area contributed by atoms with Crippen LogP contribution in [0.2, 0.25) is 0 Å². The molecule has 0 bridgehead atoms. The second-order valence-electron chi connectivity index (χ2n) is 7.21. The van der Waals surface area contributed by atoms with Crippen molar-refractivity contribution in [1.29, 1.82) is 0 Å². The molecule has 0 saturated carbocycles. The number of anilines is 1. The van der Waals surface area contributed by atoms with E-state index < -0.39 is 0 Å². The molecule has 0 aliphatic heterocycles. The first-order chi connectivity index (χ1) is 14.6. The lowest BCUT2D eigenvalue weighted by molar-refractivity contribution is 0.104. The van der Waals surface area contributed by atoms with Crippen LogP contribution in [0.4, 0.5) is 5.69 Å². The van der Waals surface area contributed by atoms with Crippen molar-refractivity contribution in [3.63, 3.8) is 0 Å². The summed E-state index contributed by atoms with van der Waals surface area (Å²) in [4.78, 5) is 12.5. The molecule has 4 nitrogen and oxygen atoms in total. The fourth-order valence-corrected chi connectivity index (χ4v) is 2.89. The number of ketones is 1. The maximum absolute atomic E-state index is 12.5. The van der Waals surface area contributed by atoms with Crippen LogP contribution in [0.3, 0.4) is 0 Å². The fraction of sp³-hybridized carbons (Fsp3) is 0.346. The van der Waals surface area contributed by atoms with Crippen molar-refractivity contribution in [1.82, 2.24) is 0 Å². The topological polar surface area (TPSA) is 61.6 Å². The normalized spacial score (nSPS) is 10.9. The summed E-state index contributed by atoms with van der Waals surface area (Å²) in [6, 6.07) is 10.9. The summed E-state index contributed by atoms with van der Waals surface area (Å²) in [5.74, 6) is 1.46. The molecule has 30 heavy (non-hydrogen) atoms. The van der Waals surface area contributed by atoms with Gasteiger partial charge < -0.3 is 15.2 Å². The lowest BCUT2D eigenvalue weighted by Gasteiger charge is -2.16. The minimum atomic E-state index is -0.0805. The van der Waals surface area contributed by atoms with Gasteiger partial charge in [0.2, 0.25) is 0 Å². The average molecular weight is 408 g/mol. The number of hydrogen-bond acceptors (Lipinski definition) is 4. The molecule has 0 aromatic heterocycles. The van der Waals surface area contributed by atoms with Crippen LogP contribution < -0.4 is 15.2 Å². The first kappa shape index (κ1) is 23.3. The van der Waals surface area contributed by atoms with E-state index in [4.69, 9.17) is 15.2 Å². The van der Waals surface area contributed by atoms with Crippen LogP contribution >= 0.6 is 0 Å². The second-order valence-corrected chi connectivity index (χ2v) is 7.21. The molecule has 0 aliphatic rings.